The van der Waals surface area contributed by atoms with Gasteiger partial charge in [0.2, 0.25) is 0 Å². The van der Waals surface area contributed by atoms with Gasteiger partial charge < -0.3 is 5.32 Å². The first-order valence-corrected chi connectivity index (χ1v) is 6.98. The van der Waals surface area contributed by atoms with Crippen LogP contribution in [0.3, 0.4) is 0 Å². The molecule has 1 aromatic heterocycles. The van der Waals surface area contributed by atoms with Crippen LogP contribution in [-0.2, 0) is 6.42 Å². The standard InChI is InChI=1S/C14H25N3/c1-4-12(3)17-10-7-13(16-17)11-14(5-2)8-6-9-15-14/h7,10,12,15H,4-6,8-9,11H2,1-3H3. The highest BCUT2D eigenvalue weighted by Crippen LogP contribution is 2.26. The van der Waals surface area contributed by atoms with E-state index in [2.05, 4.69) is 43.0 Å². The molecule has 2 rings (SSSR count). The van der Waals surface area contributed by atoms with Crippen LogP contribution in [-0.4, -0.2) is 21.9 Å². The maximum atomic E-state index is 4.71. The highest BCUT2D eigenvalue weighted by atomic mass is 15.3. The van der Waals surface area contributed by atoms with Gasteiger partial charge >= 0.3 is 0 Å². The minimum absolute atomic E-state index is 0.314. The maximum Gasteiger partial charge on any atom is 0.0643 e. The van der Waals surface area contributed by atoms with Crippen molar-refractivity contribution in [2.45, 2.75) is 64.5 Å². The molecule has 1 fully saturated rings. The van der Waals surface area contributed by atoms with E-state index in [1.165, 1.54) is 31.5 Å². The topological polar surface area (TPSA) is 29.9 Å². The second-order valence-electron chi connectivity index (χ2n) is 5.39. The molecule has 0 aromatic carbocycles. The lowest BCUT2D eigenvalue weighted by atomic mass is 9.89. The SMILES string of the molecule is CCC(C)n1ccc(CC2(CC)CCCN2)n1. The Kier molecular flexibility index (Phi) is 3.87. The first-order valence-electron chi connectivity index (χ1n) is 6.98. The third kappa shape index (κ3) is 2.71. The molecule has 96 valence electrons. The van der Waals surface area contributed by atoms with E-state index in [0.29, 0.717) is 11.6 Å². The van der Waals surface area contributed by atoms with Gasteiger partial charge in [0.1, 0.15) is 0 Å². The third-order valence-corrected chi connectivity index (χ3v) is 4.23. The van der Waals surface area contributed by atoms with Crippen LogP contribution in [0.5, 0.6) is 0 Å². The van der Waals surface area contributed by atoms with E-state index >= 15 is 0 Å². The molecule has 3 nitrogen and oxygen atoms in total. The first-order chi connectivity index (χ1) is 8.19. The van der Waals surface area contributed by atoms with Crippen molar-refractivity contribution >= 4 is 0 Å². The van der Waals surface area contributed by atoms with E-state index in [-0.39, 0.29) is 0 Å². The Hall–Kier alpha value is -0.830. The van der Waals surface area contributed by atoms with E-state index < -0.39 is 0 Å². The zero-order chi connectivity index (χ0) is 12.3. The monoisotopic (exact) mass is 235 g/mol. The summed E-state index contributed by atoms with van der Waals surface area (Å²) in [6.07, 6.45) is 8.13. The predicted molar refractivity (Wildman–Crippen MR) is 71.2 cm³/mol. The van der Waals surface area contributed by atoms with Crippen molar-refractivity contribution in [2.75, 3.05) is 6.54 Å². The second-order valence-corrected chi connectivity index (χ2v) is 5.39. The van der Waals surface area contributed by atoms with Gasteiger partial charge in [-0.1, -0.05) is 13.8 Å². The largest absolute Gasteiger partial charge is 0.311 e. The summed E-state index contributed by atoms with van der Waals surface area (Å²) >= 11 is 0. The molecule has 2 unspecified atom stereocenters. The third-order valence-electron chi connectivity index (χ3n) is 4.23. The lowest BCUT2D eigenvalue weighted by Gasteiger charge is -2.27. The van der Waals surface area contributed by atoms with Crippen LogP contribution in [0.25, 0.3) is 0 Å². The Morgan fingerprint density at radius 3 is 2.94 bits per heavy atom. The van der Waals surface area contributed by atoms with Gasteiger partial charge in [0.05, 0.1) is 5.69 Å². The number of nitrogens with zero attached hydrogens (tertiary/aromatic N) is 2. The van der Waals surface area contributed by atoms with E-state index in [9.17, 15) is 0 Å². The summed E-state index contributed by atoms with van der Waals surface area (Å²) in [5.74, 6) is 0. The van der Waals surface area contributed by atoms with Crippen molar-refractivity contribution in [3.8, 4) is 0 Å². The van der Waals surface area contributed by atoms with Crippen LogP contribution in [0.1, 0.15) is 58.2 Å². The zero-order valence-electron chi connectivity index (χ0n) is 11.4. The van der Waals surface area contributed by atoms with Crippen LogP contribution in [0.15, 0.2) is 12.3 Å². The molecule has 1 aromatic rings. The second kappa shape index (κ2) is 5.21. The molecule has 0 bridgehead atoms. The van der Waals surface area contributed by atoms with Crippen molar-refractivity contribution in [2.24, 2.45) is 0 Å². The molecule has 0 spiro atoms. The van der Waals surface area contributed by atoms with Gasteiger partial charge in [0.15, 0.2) is 0 Å². The van der Waals surface area contributed by atoms with Gasteiger partial charge in [-0.15, -0.1) is 0 Å². The molecule has 1 aliphatic heterocycles. The molecular formula is C14H25N3. The Morgan fingerprint density at radius 2 is 2.35 bits per heavy atom. The summed E-state index contributed by atoms with van der Waals surface area (Å²) < 4.78 is 2.10. The van der Waals surface area contributed by atoms with Crippen LogP contribution in [0.4, 0.5) is 0 Å². The fourth-order valence-corrected chi connectivity index (χ4v) is 2.70. The summed E-state index contributed by atoms with van der Waals surface area (Å²) in [6, 6.07) is 2.70. The molecular weight excluding hydrogens is 210 g/mol. The fraction of sp³-hybridized carbons (Fsp3) is 0.786. The normalized spacial score (nSPS) is 26.3. The minimum atomic E-state index is 0.314. The lowest BCUT2D eigenvalue weighted by molar-refractivity contribution is 0.353. The fourth-order valence-electron chi connectivity index (χ4n) is 2.70. The maximum absolute atomic E-state index is 4.71. The molecule has 0 radical (unpaired) electrons. The Bertz CT molecular complexity index is 350. The first kappa shape index (κ1) is 12.6. The molecule has 1 N–H and O–H groups in total. The van der Waals surface area contributed by atoms with Crippen LogP contribution in [0.2, 0.25) is 0 Å². The van der Waals surface area contributed by atoms with Gasteiger partial charge in [-0.2, -0.15) is 5.10 Å². The summed E-state index contributed by atoms with van der Waals surface area (Å²) in [5, 5.41) is 8.39. The number of hydrogen-bond donors (Lipinski definition) is 1. The molecule has 2 atom stereocenters. The summed E-state index contributed by atoms with van der Waals surface area (Å²) in [6.45, 7) is 7.88. The average Bonchev–Trinajstić information content (AvgIpc) is 2.98. The summed E-state index contributed by atoms with van der Waals surface area (Å²) in [4.78, 5) is 0. The van der Waals surface area contributed by atoms with Gasteiger partial charge in [-0.05, 0) is 45.2 Å². The zero-order valence-corrected chi connectivity index (χ0v) is 11.4. The van der Waals surface area contributed by atoms with E-state index in [1.807, 2.05) is 0 Å². The number of hydrogen-bond acceptors (Lipinski definition) is 2. The van der Waals surface area contributed by atoms with Crippen molar-refractivity contribution in [3.63, 3.8) is 0 Å². The van der Waals surface area contributed by atoms with Crippen molar-refractivity contribution in [1.29, 1.82) is 0 Å². The molecule has 0 amide bonds. The molecule has 0 saturated carbocycles. The molecule has 1 aliphatic rings. The van der Waals surface area contributed by atoms with E-state index in [0.717, 1.165) is 12.8 Å². The van der Waals surface area contributed by atoms with Crippen LogP contribution in [0, 0.1) is 0 Å². The Morgan fingerprint density at radius 1 is 1.53 bits per heavy atom. The lowest BCUT2D eigenvalue weighted by Crippen LogP contribution is -2.41. The molecule has 3 heteroatoms. The number of rotatable bonds is 5. The average molecular weight is 235 g/mol. The van der Waals surface area contributed by atoms with Crippen molar-refractivity contribution in [3.05, 3.63) is 18.0 Å². The van der Waals surface area contributed by atoms with Gasteiger partial charge in [0, 0.05) is 24.2 Å². The number of nitrogens with one attached hydrogen (secondary N) is 1. The van der Waals surface area contributed by atoms with Crippen molar-refractivity contribution < 1.29 is 0 Å². The number of aromatic nitrogens is 2. The molecule has 17 heavy (non-hydrogen) atoms. The highest BCUT2D eigenvalue weighted by Gasteiger charge is 2.32. The molecule has 2 heterocycles. The summed E-state index contributed by atoms with van der Waals surface area (Å²) in [7, 11) is 0. The Labute approximate surface area is 105 Å². The molecule has 0 aliphatic carbocycles. The summed E-state index contributed by atoms with van der Waals surface area (Å²) in [5.41, 5.74) is 1.55. The van der Waals surface area contributed by atoms with E-state index in [4.69, 9.17) is 5.10 Å². The van der Waals surface area contributed by atoms with Gasteiger partial charge in [-0.3, -0.25) is 4.68 Å². The Balaban J connectivity index is 2.05. The van der Waals surface area contributed by atoms with Crippen LogP contribution >= 0.6 is 0 Å². The van der Waals surface area contributed by atoms with Gasteiger partial charge in [-0.25, -0.2) is 0 Å². The molecule has 1 saturated heterocycles. The van der Waals surface area contributed by atoms with Gasteiger partial charge in [0.25, 0.3) is 0 Å². The van der Waals surface area contributed by atoms with Crippen molar-refractivity contribution in [1.82, 2.24) is 15.1 Å². The quantitative estimate of drug-likeness (QED) is 0.850. The minimum Gasteiger partial charge on any atom is -0.311 e. The van der Waals surface area contributed by atoms with Crippen LogP contribution < -0.4 is 5.32 Å². The smallest absolute Gasteiger partial charge is 0.0643 e. The van der Waals surface area contributed by atoms with E-state index in [1.54, 1.807) is 0 Å². The predicted octanol–water partition coefficient (Wildman–Crippen LogP) is 2.93. The highest BCUT2D eigenvalue weighted by molar-refractivity contribution is 5.08.